The Morgan fingerprint density at radius 3 is 2.83 bits per heavy atom. The molecular formula is C15H21N3. The monoisotopic (exact) mass is 243 g/mol. The number of hydrogen-bond donors (Lipinski definition) is 1. The van der Waals surface area contributed by atoms with E-state index in [0.717, 1.165) is 24.4 Å². The van der Waals surface area contributed by atoms with Gasteiger partial charge in [-0.25, -0.2) is 4.98 Å². The van der Waals surface area contributed by atoms with Crippen LogP contribution < -0.4 is 5.73 Å². The maximum atomic E-state index is 5.86. The Kier molecular flexibility index (Phi) is 3.08. The average Bonchev–Trinajstić information content (AvgIpc) is 2.96. The molecule has 1 saturated carbocycles. The summed E-state index contributed by atoms with van der Waals surface area (Å²) in [5, 5.41) is 0. The molecule has 1 fully saturated rings. The molecule has 3 rings (SSSR count). The Morgan fingerprint density at radius 2 is 2.06 bits per heavy atom. The van der Waals surface area contributed by atoms with Gasteiger partial charge in [-0.1, -0.05) is 18.6 Å². The Morgan fingerprint density at radius 1 is 1.28 bits per heavy atom. The smallest absolute Gasteiger partial charge is 0.109 e. The quantitative estimate of drug-likeness (QED) is 0.900. The predicted molar refractivity (Wildman–Crippen MR) is 74.3 cm³/mol. The lowest BCUT2D eigenvalue weighted by Gasteiger charge is -2.17. The highest BCUT2D eigenvalue weighted by Crippen LogP contribution is 2.33. The first kappa shape index (κ1) is 11.7. The van der Waals surface area contributed by atoms with Gasteiger partial charge in [-0.15, -0.1) is 0 Å². The Labute approximate surface area is 108 Å². The highest BCUT2D eigenvalue weighted by atomic mass is 15.1. The second-order valence-electron chi connectivity index (χ2n) is 5.47. The van der Waals surface area contributed by atoms with Crippen LogP contribution in [0.3, 0.4) is 0 Å². The van der Waals surface area contributed by atoms with Crippen LogP contribution in [0.15, 0.2) is 24.3 Å². The van der Waals surface area contributed by atoms with Crippen LogP contribution in [-0.4, -0.2) is 16.1 Å². The van der Waals surface area contributed by atoms with Crippen LogP contribution in [0.25, 0.3) is 11.0 Å². The Bertz CT molecular complexity index is 544. The Hall–Kier alpha value is -1.35. The van der Waals surface area contributed by atoms with Crippen molar-refractivity contribution in [2.75, 3.05) is 6.54 Å². The molecule has 0 saturated heterocycles. The molecule has 2 atom stereocenters. The molecule has 3 nitrogen and oxygen atoms in total. The van der Waals surface area contributed by atoms with Crippen LogP contribution in [0, 0.1) is 11.8 Å². The van der Waals surface area contributed by atoms with Gasteiger partial charge in [0.05, 0.1) is 11.0 Å². The highest BCUT2D eigenvalue weighted by molar-refractivity contribution is 5.75. The van der Waals surface area contributed by atoms with Gasteiger partial charge in [0.25, 0.3) is 0 Å². The third-order valence-corrected chi connectivity index (χ3v) is 4.44. The minimum absolute atomic E-state index is 0.699. The number of benzene rings is 1. The topological polar surface area (TPSA) is 43.8 Å². The lowest BCUT2D eigenvalue weighted by molar-refractivity contribution is 0.385. The number of aromatic nitrogens is 2. The number of hydrogen-bond acceptors (Lipinski definition) is 2. The number of imidazole rings is 1. The van der Waals surface area contributed by atoms with Crippen LogP contribution >= 0.6 is 0 Å². The minimum Gasteiger partial charge on any atom is -0.331 e. The first-order valence-corrected chi connectivity index (χ1v) is 6.90. The summed E-state index contributed by atoms with van der Waals surface area (Å²) >= 11 is 0. The van der Waals surface area contributed by atoms with Crippen molar-refractivity contribution >= 4 is 11.0 Å². The maximum absolute atomic E-state index is 5.86. The normalized spacial score (nSPS) is 23.9. The molecule has 2 unspecified atom stereocenters. The van der Waals surface area contributed by atoms with Crippen LogP contribution in [0.2, 0.25) is 0 Å². The van der Waals surface area contributed by atoms with Crippen molar-refractivity contribution < 1.29 is 0 Å². The molecule has 0 aliphatic heterocycles. The van der Waals surface area contributed by atoms with E-state index >= 15 is 0 Å². The summed E-state index contributed by atoms with van der Waals surface area (Å²) in [4.78, 5) is 4.77. The molecule has 0 radical (unpaired) electrons. The third-order valence-electron chi connectivity index (χ3n) is 4.44. The second-order valence-corrected chi connectivity index (χ2v) is 5.47. The van der Waals surface area contributed by atoms with Crippen molar-refractivity contribution in [3.8, 4) is 0 Å². The number of nitrogens with zero attached hydrogens (tertiary/aromatic N) is 2. The van der Waals surface area contributed by atoms with Crippen molar-refractivity contribution in [3.63, 3.8) is 0 Å². The molecule has 1 aliphatic carbocycles. The number of para-hydroxylation sites is 2. The van der Waals surface area contributed by atoms with Crippen LogP contribution in [-0.2, 0) is 13.5 Å². The SMILES string of the molecule is Cn1c(CC2CCCC2CN)nc2ccccc21. The number of nitrogens with two attached hydrogens (primary N) is 1. The minimum atomic E-state index is 0.699. The van der Waals surface area contributed by atoms with Gasteiger partial charge in [0.2, 0.25) is 0 Å². The predicted octanol–water partition coefficient (Wildman–Crippen LogP) is 2.49. The fourth-order valence-electron chi connectivity index (χ4n) is 3.31. The fourth-order valence-corrected chi connectivity index (χ4v) is 3.31. The van der Waals surface area contributed by atoms with E-state index < -0.39 is 0 Å². The zero-order chi connectivity index (χ0) is 12.5. The zero-order valence-corrected chi connectivity index (χ0v) is 11.0. The first-order chi connectivity index (χ1) is 8.79. The Balaban J connectivity index is 1.88. The van der Waals surface area contributed by atoms with Gasteiger partial charge in [0.15, 0.2) is 0 Å². The van der Waals surface area contributed by atoms with Crippen molar-refractivity contribution in [2.24, 2.45) is 24.6 Å². The molecular weight excluding hydrogens is 222 g/mol. The van der Waals surface area contributed by atoms with Gasteiger partial charge < -0.3 is 10.3 Å². The standard InChI is InChI=1S/C15H21N3/c1-18-14-8-3-2-7-13(14)17-15(18)9-11-5-4-6-12(11)10-16/h2-3,7-8,11-12H,4-6,9-10,16H2,1H3. The van der Waals surface area contributed by atoms with Crippen molar-refractivity contribution in [3.05, 3.63) is 30.1 Å². The lowest BCUT2D eigenvalue weighted by Crippen LogP contribution is -2.21. The van der Waals surface area contributed by atoms with Crippen LogP contribution in [0.1, 0.15) is 25.1 Å². The van der Waals surface area contributed by atoms with E-state index in [4.69, 9.17) is 10.7 Å². The summed E-state index contributed by atoms with van der Waals surface area (Å²) in [5.74, 6) is 2.64. The van der Waals surface area contributed by atoms with Crippen molar-refractivity contribution in [1.82, 2.24) is 9.55 Å². The maximum Gasteiger partial charge on any atom is 0.109 e. The van der Waals surface area contributed by atoms with Gasteiger partial charge >= 0.3 is 0 Å². The van der Waals surface area contributed by atoms with Gasteiger partial charge in [-0.05, 0) is 43.4 Å². The summed E-state index contributed by atoms with van der Waals surface area (Å²) in [7, 11) is 2.12. The van der Waals surface area contributed by atoms with E-state index in [-0.39, 0.29) is 0 Å². The number of rotatable bonds is 3. The molecule has 0 bridgehead atoms. The van der Waals surface area contributed by atoms with Gasteiger partial charge in [0.1, 0.15) is 5.82 Å². The highest BCUT2D eigenvalue weighted by Gasteiger charge is 2.27. The molecule has 0 amide bonds. The summed E-state index contributed by atoms with van der Waals surface area (Å²) in [6, 6.07) is 8.36. The van der Waals surface area contributed by atoms with E-state index in [2.05, 4.69) is 35.9 Å². The van der Waals surface area contributed by atoms with Crippen molar-refractivity contribution in [1.29, 1.82) is 0 Å². The van der Waals surface area contributed by atoms with E-state index in [1.54, 1.807) is 0 Å². The molecule has 2 aromatic rings. The molecule has 1 heterocycles. The van der Waals surface area contributed by atoms with Gasteiger partial charge in [-0.3, -0.25) is 0 Å². The van der Waals surface area contributed by atoms with E-state index in [1.165, 1.54) is 30.6 Å². The van der Waals surface area contributed by atoms with Crippen molar-refractivity contribution in [2.45, 2.75) is 25.7 Å². The average molecular weight is 243 g/mol. The number of fused-ring (bicyclic) bond motifs is 1. The lowest BCUT2D eigenvalue weighted by atomic mass is 9.93. The zero-order valence-electron chi connectivity index (χ0n) is 11.0. The second kappa shape index (κ2) is 4.73. The summed E-state index contributed by atoms with van der Waals surface area (Å²) in [5.41, 5.74) is 8.20. The molecule has 0 spiro atoms. The summed E-state index contributed by atoms with van der Waals surface area (Å²) in [6.07, 6.45) is 5.01. The van der Waals surface area contributed by atoms with E-state index in [0.29, 0.717) is 5.92 Å². The molecule has 18 heavy (non-hydrogen) atoms. The third kappa shape index (κ3) is 1.93. The van der Waals surface area contributed by atoms with Crippen LogP contribution in [0.4, 0.5) is 0 Å². The van der Waals surface area contributed by atoms with E-state index in [1.807, 2.05) is 0 Å². The summed E-state index contributed by atoms with van der Waals surface area (Å²) in [6.45, 7) is 0.828. The first-order valence-electron chi connectivity index (χ1n) is 6.90. The van der Waals surface area contributed by atoms with Gasteiger partial charge in [-0.2, -0.15) is 0 Å². The molecule has 96 valence electrons. The van der Waals surface area contributed by atoms with Gasteiger partial charge in [0, 0.05) is 13.5 Å². The van der Waals surface area contributed by atoms with E-state index in [9.17, 15) is 0 Å². The molecule has 2 N–H and O–H groups in total. The molecule has 1 aromatic heterocycles. The molecule has 1 aromatic carbocycles. The molecule has 1 aliphatic rings. The van der Waals surface area contributed by atoms with Crippen LogP contribution in [0.5, 0.6) is 0 Å². The fraction of sp³-hybridized carbons (Fsp3) is 0.533. The number of aryl methyl sites for hydroxylation is 1. The largest absolute Gasteiger partial charge is 0.331 e. The molecule has 3 heteroatoms. The summed E-state index contributed by atoms with van der Waals surface area (Å²) < 4.78 is 2.24.